The molecule has 12 nitrogen and oxygen atoms in total. The summed E-state index contributed by atoms with van der Waals surface area (Å²) < 4.78 is 8.05. The van der Waals surface area contributed by atoms with Gasteiger partial charge in [0.25, 0.3) is 0 Å². The molecule has 0 aromatic carbocycles. The van der Waals surface area contributed by atoms with E-state index in [1.807, 2.05) is 34.9 Å². The summed E-state index contributed by atoms with van der Waals surface area (Å²) in [7, 11) is 3.64. The Balaban J connectivity index is 2.34. The Labute approximate surface area is 175 Å². The number of aromatic nitrogens is 4. The third-order valence-electron chi connectivity index (χ3n) is 5.31. The van der Waals surface area contributed by atoms with Crippen LogP contribution in [-0.4, -0.2) is 87.9 Å². The van der Waals surface area contributed by atoms with E-state index in [9.17, 15) is 10.2 Å². The number of fused-ring (bicyclic) bond motifs is 1. The van der Waals surface area contributed by atoms with Gasteiger partial charge < -0.3 is 25.6 Å². The maximum atomic E-state index is 11.2. The third kappa shape index (κ3) is 3.20. The molecule has 1 aliphatic heterocycles. The lowest BCUT2D eigenvalue weighted by atomic mass is 9.95. The first kappa shape index (κ1) is 22.6. The van der Waals surface area contributed by atoms with E-state index in [4.69, 9.17) is 10.5 Å². The highest BCUT2D eigenvalue weighted by Crippen LogP contribution is 2.42. The van der Waals surface area contributed by atoms with Crippen molar-refractivity contribution in [2.45, 2.75) is 44.5 Å². The minimum absolute atomic E-state index is 0.240. The molecule has 12 heteroatoms. The molecular weight excluding hydrogens is 390 g/mol. The maximum absolute atomic E-state index is 11.2. The van der Waals surface area contributed by atoms with Crippen molar-refractivity contribution in [3.8, 4) is 0 Å². The van der Waals surface area contributed by atoms with Crippen LogP contribution in [0.1, 0.15) is 20.8 Å². The number of ether oxygens (including phenoxy) is 1. The topological polar surface area (TPSA) is 159 Å². The van der Waals surface area contributed by atoms with Crippen LogP contribution in [0.25, 0.3) is 11.2 Å². The van der Waals surface area contributed by atoms with E-state index in [0.29, 0.717) is 36.7 Å². The number of nitrogens with zero attached hydrogens (tertiary/aromatic N) is 5. The van der Waals surface area contributed by atoms with Crippen molar-refractivity contribution in [1.29, 1.82) is 0 Å². The molecule has 2 aromatic rings. The van der Waals surface area contributed by atoms with Crippen molar-refractivity contribution >= 4 is 22.9 Å². The summed E-state index contributed by atoms with van der Waals surface area (Å²) in [4.78, 5) is 15.1. The first-order valence-corrected chi connectivity index (χ1v) is 10.2. The van der Waals surface area contributed by atoms with E-state index in [1.165, 1.54) is 0 Å². The molecule has 1 aliphatic rings. The Bertz CT molecular complexity index is 868. The highest BCUT2D eigenvalue weighted by molar-refractivity contribution is 5.83. The van der Waals surface area contributed by atoms with E-state index < -0.39 is 23.7 Å². The molecule has 7 N–H and O–H groups in total. The first-order valence-electron chi connectivity index (χ1n) is 10.2. The fourth-order valence-electron chi connectivity index (χ4n) is 4.15. The van der Waals surface area contributed by atoms with Gasteiger partial charge in [0.2, 0.25) is 11.8 Å². The average Bonchev–Trinajstić information content (AvgIpc) is 3.23. The summed E-state index contributed by atoms with van der Waals surface area (Å²) in [5.41, 5.74) is 5.83. The molecule has 168 valence electrons. The molecule has 1 saturated heterocycles. The summed E-state index contributed by atoms with van der Waals surface area (Å²) in [6.45, 7) is 7.01. The van der Waals surface area contributed by atoms with Crippen LogP contribution in [0, 0.1) is 0 Å². The molecule has 30 heavy (non-hydrogen) atoms. The maximum Gasteiger partial charge on any atom is 0.240 e. The number of anilines is 2. The van der Waals surface area contributed by atoms with Gasteiger partial charge in [-0.1, -0.05) is 20.8 Å². The number of likely N-dealkylation sites (N-methyl/N-ethyl adjacent to an activating group) is 3. The minimum atomic E-state index is -1.36. The van der Waals surface area contributed by atoms with Crippen LogP contribution in [0.3, 0.4) is 0 Å². The van der Waals surface area contributed by atoms with Gasteiger partial charge in [0.1, 0.15) is 18.5 Å². The predicted molar refractivity (Wildman–Crippen MR) is 114 cm³/mol. The van der Waals surface area contributed by atoms with Crippen LogP contribution in [0.15, 0.2) is 6.33 Å². The summed E-state index contributed by atoms with van der Waals surface area (Å²) in [5.74, 6) is -0.702. The molecule has 0 unspecified atom stereocenters. The Hall–Kier alpha value is -2.09. The van der Waals surface area contributed by atoms with E-state index >= 15 is 0 Å². The van der Waals surface area contributed by atoms with Gasteiger partial charge in [-0.2, -0.15) is 9.97 Å². The van der Waals surface area contributed by atoms with Crippen molar-refractivity contribution in [3.05, 3.63) is 6.33 Å². The SMILES string of the molecule is CCNC1(NCC)[C@H](O)[C@@H](CO)O[C@@]1(NCC)n1cnc2c(N)nc(N(C)C)nc21. The summed E-state index contributed by atoms with van der Waals surface area (Å²) in [5, 5.41) is 31.3. The Morgan fingerprint density at radius 1 is 1.17 bits per heavy atom. The highest BCUT2D eigenvalue weighted by Gasteiger charge is 2.67. The molecule has 0 spiro atoms. The van der Waals surface area contributed by atoms with E-state index in [2.05, 4.69) is 30.9 Å². The lowest BCUT2D eigenvalue weighted by Gasteiger charge is -2.47. The number of nitrogens with two attached hydrogens (primary N) is 1. The third-order valence-corrected chi connectivity index (χ3v) is 5.31. The molecule has 3 rings (SSSR count). The molecule has 3 heterocycles. The van der Waals surface area contributed by atoms with Crippen LogP contribution < -0.4 is 26.6 Å². The normalized spacial score (nSPS) is 25.8. The van der Waals surface area contributed by atoms with Gasteiger partial charge in [-0.3, -0.25) is 20.5 Å². The predicted octanol–water partition coefficient (Wildman–Crippen LogP) is -1.64. The van der Waals surface area contributed by atoms with Crippen molar-refractivity contribution < 1.29 is 14.9 Å². The fourth-order valence-corrected chi connectivity index (χ4v) is 4.15. The molecule has 3 atom stereocenters. The van der Waals surface area contributed by atoms with Gasteiger partial charge in [-0.25, -0.2) is 4.98 Å². The number of nitrogen functional groups attached to an aromatic ring is 1. The van der Waals surface area contributed by atoms with E-state index in [-0.39, 0.29) is 12.4 Å². The second-order valence-electron chi connectivity index (χ2n) is 7.42. The smallest absolute Gasteiger partial charge is 0.240 e. The monoisotopic (exact) mass is 423 g/mol. The number of aliphatic hydroxyl groups excluding tert-OH is 2. The Kier molecular flexibility index (Phi) is 6.45. The molecule has 0 radical (unpaired) electrons. The zero-order valence-electron chi connectivity index (χ0n) is 18.2. The minimum Gasteiger partial charge on any atom is -0.394 e. The van der Waals surface area contributed by atoms with Gasteiger partial charge in [0.05, 0.1) is 6.61 Å². The molecule has 2 aromatic heterocycles. The van der Waals surface area contributed by atoms with Crippen LogP contribution in [0.5, 0.6) is 0 Å². The Morgan fingerprint density at radius 3 is 2.33 bits per heavy atom. The zero-order valence-corrected chi connectivity index (χ0v) is 18.2. The van der Waals surface area contributed by atoms with Crippen molar-refractivity contribution in [2.75, 3.05) is 51.0 Å². The zero-order chi connectivity index (χ0) is 22.1. The van der Waals surface area contributed by atoms with Crippen molar-refractivity contribution in [1.82, 2.24) is 35.5 Å². The lowest BCUT2D eigenvalue weighted by Crippen LogP contribution is -2.77. The van der Waals surface area contributed by atoms with Crippen molar-refractivity contribution in [3.63, 3.8) is 0 Å². The number of hydrogen-bond donors (Lipinski definition) is 6. The first-order chi connectivity index (χ1) is 14.3. The van der Waals surface area contributed by atoms with Gasteiger partial charge in [0.15, 0.2) is 22.6 Å². The number of rotatable bonds is 9. The lowest BCUT2D eigenvalue weighted by molar-refractivity contribution is -0.168. The quantitative estimate of drug-likeness (QED) is 0.257. The summed E-state index contributed by atoms with van der Waals surface area (Å²) in [6, 6.07) is 0. The number of nitrogens with one attached hydrogen (secondary N) is 3. The molecule has 0 amide bonds. The van der Waals surface area contributed by atoms with Gasteiger partial charge in [-0.05, 0) is 19.6 Å². The van der Waals surface area contributed by atoms with Crippen molar-refractivity contribution in [2.24, 2.45) is 0 Å². The second-order valence-corrected chi connectivity index (χ2v) is 7.42. The second kappa shape index (κ2) is 8.57. The highest BCUT2D eigenvalue weighted by atomic mass is 16.6. The van der Waals surface area contributed by atoms with Crippen LogP contribution >= 0.6 is 0 Å². The van der Waals surface area contributed by atoms with Crippen LogP contribution in [-0.2, 0) is 10.6 Å². The largest absolute Gasteiger partial charge is 0.394 e. The van der Waals surface area contributed by atoms with E-state index in [1.54, 1.807) is 15.8 Å². The summed E-state index contributed by atoms with van der Waals surface area (Å²) in [6.07, 6.45) is -0.369. The molecule has 0 bridgehead atoms. The van der Waals surface area contributed by atoms with Gasteiger partial charge >= 0.3 is 0 Å². The van der Waals surface area contributed by atoms with Crippen LogP contribution in [0.4, 0.5) is 11.8 Å². The van der Waals surface area contributed by atoms with E-state index in [0.717, 1.165) is 0 Å². The Morgan fingerprint density at radius 2 is 1.80 bits per heavy atom. The van der Waals surface area contributed by atoms with Gasteiger partial charge in [-0.15, -0.1) is 0 Å². The molecular formula is C18H33N9O3. The number of imidazole rings is 1. The molecule has 0 saturated carbocycles. The molecule has 0 aliphatic carbocycles. The number of aliphatic hydroxyl groups is 2. The van der Waals surface area contributed by atoms with Gasteiger partial charge in [0, 0.05) is 14.1 Å². The average molecular weight is 424 g/mol. The molecule has 1 fully saturated rings. The van der Waals surface area contributed by atoms with Crippen LogP contribution in [0.2, 0.25) is 0 Å². The fraction of sp³-hybridized carbons (Fsp3) is 0.722. The standard InChI is InChI=1S/C18H33N9O3/c1-6-21-17(22-7-2)13(29)11(9-28)30-18(17,23-8-3)27-10-20-12-14(19)24-16(26(4)5)25-15(12)27/h10-11,13,21-23,28-29H,6-9H2,1-5H3,(H2,19,24,25)/t11-,13-,18+/m1/s1. The number of hydrogen-bond acceptors (Lipinski definition) is 11. The summed E-state index contributed by atoms with van der Waals surface area (Å²) >= 11 is 0.